The van der Waals surface area contributed by atoms with Crippen LogP contribution in [0.2, 0.25) is 0 Å². The number of hydrogen-bond donors (Lipinski definition) is 1. The van der Waals surface area contributed by atoms with Gasteiger partial charge in [-0.15, -0.1) is 0 Å². The van der Waals surface area contributed by atoms with E-state index in [-0.39, 0.29) is 17.1 Å². The number of sulfonamides is 1. The molecular weight excluding hydrogens is 369 g/mol. The number of alkyl halides is 3. The van der Waals surface area contributed by atoms with Gasteiger partial charge in [-0.1, -0.05) is 30.3 Å². The minimum absolute atomic E-state index is 0.132. The standard InChI is InChI=1S/C16H13F3N4O2S/c17-16(18,19)13-6-7-15(23-11-20-10-21-23)14(8-13)22-26(24,25)9-12-4-2-1-3-5-12/h1-8,10-11,22H,9H2. The van der Waals surface area contributed by atoms with Crippen molar-refractivity contribution in [3.8, 4) is 5.69 Å². The van der Waals surface area contributed by atoms with Gasteiger partial charge < -0.3 is 0 Å². The largest absolute Gasteiger partial charge is 0.416 e. The van der Waals surface area contributed by atoms with Crippen molar-refractivity contribution in [1.82, 2.24) is 14.8 Å². The highest BCUT2D eigenvalue weighted by molar-refractivity contribution is 7.91. The van der Waals surface area contributed by atoms with E-state index in [0.717, 1.165) is 18.2 Å². The Bertz CT molecular complexity index is 988. The maximum Gasteiger partial charge on any atom is 0.416 e. The van der Waals surface area contributed by atoms with Gasteiger partial charge in [-0.25, -0.2) is 18.1 Å². The lowest BCUT2D eigenvalue weighted by Crippen LogP contribution is -2.17. The van der Waals surface area contributed by atoms with Crippen molar-refractivity contribution >= 4 is 15.7 Å². The maximum atomic E-state index is 13.0. The van der Waals surface area contributed by atoms with Gasteiger partial charge in [-0.3, -0.25) is 4.72 Å². The summed E-state index contributed by atoms with van der Waals surface area (Å²) in [6.07, 6.45) is -2.15. The molecule has 0 saturated carbocycles. The van der Waals surface area contributed by atoms with Crippen LogP contribution in [0.4, 0.5) is 18.9 Å². The molecule has 3 rings (SSSR count). The van der Waals surface area contributed by atoms with Crippen molar-refractivity contribution in [3.05, 3.63) is 72.3 Å². The molecular formula is C16H13F3N4O2S. The summed E-state index contributed by atoms with van der Waals surface area (Å²) in [5.74, 6) is -0.374. The predicted octanol–water partition coefficient (Wildman–Crippen LogP) is 3.23. The summed E-state index contributed by atoms with van der Waals surface area (Å²) in [4.78, 5) is 3.73. The van der Waals surface area contributed by atoms with E-state index in [1.807, 2.05) is 0 Å². The van der Waals surface area contributed by atoms with Gasteiger partial charge in [-0.2, -0.15) is 18.3 Å². The number of anilines is 1. The fourth-order valence-corrected chi connectivity index (χ4v) is 3.53. The second-order valence-corrected chi connectivity index (χ2v) is 7.14. The monoisotopic (exact) mass is 382 g/mol. The molecule has 3 aromatic rings. The van der Waals surface area contributed by atoms with Crippen molar-refractivity contribution in [2.24, 2.45) is 0 Å². The third-order valence-corrected chi connectivity index (χ3v) is 4.70. The fraction of sp³-hybridized carbons (Fsp3) is 0.125. The first-order valence-electron chi connectivity index (χ1n) is 7.35. The highest BCUT2D eigenvalue weighted by Gasteiger charge is 2.31. The first-order valence-corrected chi connectivity index (χ1v) is 9.00. The van der Waals surface area contributed by atoms with Crippen LogP contribution in [0.3, 0.4) is 0 Å². The lowest BCUT2D eigenvalue weighted by molar-refractivity contribution is -0.137. The van der Waals surface area contributed by atoms with Gasteiger partial charge in [0.1, 0.15) is 12.7 Å². The zero-order valence-electron chi connectivity index (χ0n) is 13.2. The van der Waals surface area contributed by atoms with Gasteiger partial charge in [0, 0.05) is 0 Å². The van der Waals surface area contributed by atoms with Crippen LogP contribution in [-0.4, -0.2) is 23.2 Å². The second kappa shape index (κ2) is 6.79. The molecule has 1 aromatic heterocycles. The van der Waals surface area contributed by atoms with Crippen LogP contribution in [0, 0.1) is 0 Å². The Balaban J connectivity index is 1.99. The average molecular weight is 382 g/mol. The summed E-state index contributed by atoms with van der Waals surface area (Å²) in [6.45, 7) is 0. The zero-order valence-corrected chi connectivity index (χ0v) is 14.0. The lowest BCUT2D eigenvalue weighted by Gasteiger charge is -2.15. The zero-order chi connectivity index (χ0) is 18.8. The number of halogens is 3. The van der Waals surface area contributed by atoms with Gasteiger partial charge in [0.2, 0.25) is 10.0 Å². The molecule has 1 heterocycles. The van der Waals surface area contributed by atoms with Gasteiger partial charge in [-0.05, 0) is 23.8 Å². The third kappa shape index (κ3) is 4.20. The van der Waals surface area contributed by atoms with E-state index in [9.17, 15) is 21.6 Å². The molecule has 0 saturated heterocycles. The predicted molar refractivity (Wildman–Crippen MR) is 89.0 cm³/mol. The van der Waals surface area contributed by atoms with Crippen LogP contribution in [0.15, 0.2) is 61.2 Å². The highest BCUT2D eigenvalue weighted by atomic mass is 32.2. The first-order chi connectivity index (χ1) is 12.2. The topological polar surface area (TPSA) is 76.9 Å². The quantitative estimate of drug-likeness (QED) is 0.735. The van der Waals surface area contributed by atoms with Crippen LogP contribution in [0.1, 0.15) is 11.1 Å². The molecule has 0 aliphatic rings. The Morgan fingerprint density at radius 1 is 1.08 bits per heavy atom. The van der Waals surface area contributed by atoms with Crippen molar-refractivity contribution < 1.29 is 21.6 Å². The maximum absolute atomic E-state index is 13.0. The van der Waals surface area contributed by atoms with E-state index in [1.54, 1.807) is 30.3 Å². The van der Waals surface area contributed by atoms with Crippen molar-refractivity contribution in [2.75, 3.05) is 4.72 Å². The summed E-state index contributed by atoms with van der Waals surface area (Å²) in [5.41, 5.74) is -0.568. The SMILES string of the molecule is O=S(=O)(Cc1ccccc1)Nc1cc(C(F)(F)F)ccc1-n1cncn1. The number of nitrogens with zero attached hydrogens (tertiary/aromatic N) is 3. The Morgan fingerprint density at radius 2 is 1.81 bits per heavy atom. The summed E-state index contributed by atoms with van der Waals surface area (Å²) in [7, 11) is -3.94. The Kier molecular flexibility index (Phi) is 4.68. The molecule has 136 valence electrons. The van der Waals surface area contributed by atoms with Crippen LogP contribution in [0.25, 0.3) is 5.69 Å². The molecule has 2 aromatic carbocycles. The van der Waals surface area contributed by atoms with Crippen LogP contribution in [-0.2, 0) is 22.0 Å². The van der Waals surface area contributed by atoms with E-state index in [2.05, 4.69) is 14.8 Å². The molecule has 0 unspecified atom stereocenters. The van der Waals surface area contributed by atoms with Crippen LogP contribution in [0.5, 0.6) is 0 Å². The summed E-state index contributed by atoms with van der Waals surface area (Å²) in [6, 6.07) is 11.0. The minimum Gasteiger partial charge on any atom is -0.281 e. The number of nitrogens with one attached hydrogen (secondary N) is 1. The lowest BCUT2D eigenvalue weighted by atomic mass is 10.1. The molecule has 0 radical (unpaired) electrons. The molecule has 0 fully saturated rings. The van der Waals surface area contributed by atoms with Crippen molar-refractivity contribution in [1.29, 1.82) is 0 Å². The molecule has 0 spiro atoms. The molecule has 10 heteroatoms. The second-order valence-electron chi connectivity index (χ2n) is 5.42. The Morgan fingerprint density at radius 3 is 2.42 bits per heavy atom. The average Bonchev–Trinajstić information content (AvgIpc) is 3.08. The number of aromatic nitrogens is 3. The van der Waals surface area contributed by atoms with Crippen molar-refractivity contribution in [3.63, 3.8) is 0 Å². The smallest absolute Gasteiger partial charge is 0.281 e. The van der Waals surface area contributed by atoms with Gasteiger partial charge >= 0.3 is 6.18 Å². The van der Waals surface area contributed by atoms with Gasteiger partial charge in [0.25, 0.3) is 0 Å². The minimum atomic E-state index is -4.61. The van der Waals surface area contributed by atoms with Crippen LogP contribution < -0.4 is 4.72 Å². The third-order valence-electron chi connectivity index (χ3n) is 3.45. The van der Waals surface area contributed by atoms with Gasteiger partial charge in [0.15, 0.2) is 0 Å². The number of hydrogen-bond acceptors (Lipinski definition) is 4. The number of benzene rings is 2. The Hall–Kier alpha value is -2.88. The summed E-state index contributed by atoms with van der Waals surface area (Å²) < 4.78 is 67.3. The van der Waals surface area contributed by atoms with E-state index in [1.165, 1.54) is 17.3 Å². The molecule has 0 atom stereocenters. The fourth-order valence-electron chi connectivity index (χ4n) is 2.32. The summed E-state index contributed by atoms with van der Waals surface area (Å²) >= 11 is 0. The molecule has 0 aliphatic carbocycles. The van der Waals surface area contributed by atoms with E-state index < -0.39 is 21.8 Å². The highest BCUT2D eigenvalue weighted by Crippen LogP contribution is 2.33. The first kappa shape index (κ1) is 17.9. The summed E-state index contributed by atoms with van der Waals surface area (Å²) in [5, 5.41) is 3.84. The van der Waals surface area contributed by atoms with Crippen molar-refractivity contribution in [2.45, 2.75) is 11.9 Å². The number of rotatable bonds is 5. The van der Waals surface area contributed by atoms with E-state index in [4.69, 9.17) is 0 Å². The molecule has 0 aliphatic heterocycles. The van der Waals surface area contributed by atoms with E-state index >= 15 is 0 Å². The van der Waals surface area contributed by atoms with Crippen LogP contribution >= 0.6 is 0 Å². The Labute approximate surface area is 147 Å². The van der Waals surface area contributed by atoms with E-state index in [0.29, 0.717) is 5.56 Å². The molecule has 0 bridgehead atoms. The molecule has 6 nitrogen and oxygen atoms in total. The normalized spacial score (nSPS) is 12.1. The van der Waals surface area contributed by atoms with Gasteiger partial charge in [0.05, 0.1) is 22.7 Å². The molecule has 0 amide bonds. The molecule has 26 heavy (non-hydrogen) atoms. The molecule has 1 N–H and O–H groups in total.